The lowest BCUT2D eigenvalue weighted by molar-refractivity contribution is 0.0944. The molecule has 0 saturated carbocycles. The van der Waals surface area contributed by atoms with Crippen molar-refractivity contribution in [3.8, 4) is 0 Å². The van der Waals surface area contributed by atoms with Crippen LogP contribution < -0.4 is 15.4 Å². The van der Waals surface area contributed by atoms with Crippen molar-refractivity contribution in [2.75, 3.05) is 39.9 Å². The molecule has 8 heteroatoms. The van der Waals surface area contributed by atoms with Gasteiger partial charge in [0.1, 0.15) is 0 Å². The molecule has 1 heterocycles. The van der Waals surface area contributed by atoms with Gasteiger partial charge in [-0.2, -0.15) is 0 Å². The van der Waals surface area contributed by atoms with Gasteiger partial charge in [0.2, 0.25) is 10.0 Å². The minimum Gasteiger partial charge on any atom is -0.383 e. The molecule has 3 N–H and O–H groups in total. The quantitative estimate of drug-likeness (QED) is 0.585. The molecule has 25 heavy (non-hydrogen) atoms. The van der Waals surface area contributed by atoms with Crippen LogP contribution in [0.2, 0.25) is 0 Å². The van der Waals surface area contributed by atoms with Crippen LogP contribution in [0, 0.1) is 12.8 Å². The standard InChI is InChI=1S/C17H27N3O4S/c1-13-5-6-15(25(22,23)20-8-9-24-2)10-16(13)17(21)19-12-14-4-3-7-18-11-14/h5-6,10,14,18,20H,3-4,7-9,11-12H2,1-2H3,(H,19,21). The van der Waals surface area contributed by atoms with E-state index in [4.69, 9.17) is 4.74 Å². The molecule has 7 nitrogen and oxygen atoms in total. The van der Waals surface area contributed by atoms with E-state index in [9.17, 15) is 13.2 Å². The average Bonchev–Trinajstić information content (AvgIpc) is 2.61. The van der Waals surface area contributed by atoms with Gasteiger partial charge in [0, 0.05) is 25.8 Å². The van der Waals surface area contributed by atoms with E-state index in [2.05, 4.69) is 15.4 Å². The molecule has 1 amide bonds. The number of hydrogen-bond donors (Lipinski definition) is 3. The van der Waals surface area contributed by atoms with Gasteiger partial charge in [-0.15, -0.1) is 0 Å². The third-order valence-electron chi connectivity index (χ3n) is 4.31. The smallest absolute Gasteiger partial charge is 0.251 e. The summed E-state index contributed by atoms with van der Waals surface area (Å²) in [6.45, 7) is 4.79. The number of piperidine rings is 1. The van der Waals surface area contributed by atoms with E-state index < -0.39 is 10.0 Å². The molecule has 2 rings (SSSR count). The minimum absolute atomic E-state index is 0.0821. The fourth-order valence-electron chi connectivity index (χ4n) is 2.80. The number of carbonyl (C=O) groups excluding carboxylic acids is 1. The molecule has 1 aliphatic rings. The minimum atomic E-state index is -3.66. The Hall–Kier alpha value is -1.48. The Balaban J connectivity index is 2.05. The number of aryl methyl sites for hydroxylation is 1. The SMILES string of the molecule is COCCNS(=O)(=O)c1ccc(C)c(C(=O)NCC2CCCNC2)c1. The maximum Gasteiger partial charge on any atom is 0.251 e. The van der Waals surface area contributed by atoms with Crippen molar-refractivity contribution in [3.63, 3.8) is 0 Å². The number of hydrogen-bond acceptors (Lipinski definition) is 5. The molecule has 1 aliphatic heterocycles. The topological polar surface area (TPSA) is 96.5 Å². The van der Waals surface area contributed by atoms with Gasteiger partial charge in [-0.3, -0.25) is 4.79 Å². The monoisotopic (exact) mass is 369 g/mol. The van der Waals surface area contributed by atoms with Crippen LogP contribution in [0.3, 0.4) is 0 Å². The second-order valence-corrected chi connectivity index (χ2v) is 8.06. The zero-order valence-electron chi connectivity index (χ0n) is 14.8. The van der Waals surface area contributed by atoms with Crippen molar-refractivity contribution in [2.45, 2.75) is 24.7 Å². The third kappa shape index (κ3) is 5.78. The van der Waals surface area contributed by atoms with Crippen LogP contribution in [0.4, 0.5) is 0 Å². The number of carbonyl (C=O) groups is 1. The Bertz CT molecular complexity index is 685. The Kier molecular flexibility index (Phi) is 7.37. The van der Waals surface area contributed by atoms with Crippen LogP contribution in [0.25, 0.3) is 0 Å². The van der Waals surface area contributed by atoms with Crippen molar-refractivity contribution in [2.24, 2.45) is 5.92 Å². The van der Waals surface area contributed by atoms with Crippen LogP contribution in [0.1, 0.15) is 28.8 Å². The van der Waals surface area contributed by atoms with Gasteiger partial charge < -0.3 is 15.4 Å². The van der Waals surface area contributed by atoms with Gasteiger partial charge in [0.15, 0.2) is 0 Å². The first-order chi connectivity index (χ1) is 11.9. The summed E-state index contributed by atoms with van der Waals surface area (Å²) in [4.78, 5) is 12.6. The molecule has 1 atom stereocenters. The van der Waals surface area contributed by atoms with E-state index in [1.165, 1.54) is 19.2 Å². The van der Waals surface area contributed by atoms with Gasteiger partial charge in [-0.25, -0.2) is 13.1 Å². The summed E-state index contributed by atoms with van der Waals surface area (Å²) < 4.78 is 31.9. The molecule has 0 aromatic heterocycles. The highest BCUT2D eigenvalue weighted by Gasteiger charge is 2.19. The highest BCUT2D eigenvalue weighted by molar-refractivity contribution is 7.89. The predicted molar refractivity (Wildman–Crippen MR) is 96.2 cm³/mol. The van der Waals surface area contributed by atoms with Gasteiger partial charge in [0.05, 0.1) is 11.5 Å². The van der Waals surface area contributed by atoms with E-state index in [0.29, 0.717) is 18.0 Å². The zero-order chi connectivity index (χ0) is 18.3. The maximum absolute atomic E-state index is 12.5. The number of sulfonamides is 1. The number of ether oxygens (including phenoxy) is 1. The second kappa shape index (κ2) is 9.28. The van der Waals surface area contributed by atoms with E-state index in [0.717, 1.165) is 31.5 Å². The molecule has 140 valence electrons. The summed E-state index contributed by atoms with van der Waals surface area (Å²) in [6.07, 6.45) is 2.20. The van der Waals surface area contributed by atoms with Crippen LogP contribution in [0.15, 0.2) is 23.1 Å². The number of benzene rings is 1. The van der Waals surface area contributed by atoms with Crippen LogP contribution in [-0.4, -0.2) is 54.2 Å². The first-order valence-corrected chi connectivity index (χ1v) is 10.0. The molecule has 0 spiro atoms. The number of methoxy groups -OCH3 is 1. The van der Waals surface area contributed by atoms with Gasteiger partial charge in [-0.05, 0) is 56.5 Å². The molecular weight excluding hydrogens is 342 g/mol. The molecule has 1 aromatic carbocycles. The molecule has 0 radical (unpaired) electrons. The maximum atomic E-state index is 12.5. The van der Waals surface area contributed by atoms with Gasteiger partial charge >= 0.3 is 0 Å². The van der Waals surface area contributed by atoms with Crippen molar-refractivity contribution in [1.82, 2.24) is 15.4 Å². The summed E-state index contributed by atoms with van der Waals surface area (Å²) in [7, 11) is -2.16. The van der Waals surface area contributed by atoms with Gasteiger partial charge in [0.25, 0.3) is 5.91 Å². The molecule has 1 fully saturated rings. The first kappa shape index (κ1) is 19.8. The Morgan fingerprint density at radius 2 is 2.20 bits per heavy atom. The molecule has 0 bridgehead atoms. The largest absolute Gasteiger partial charge is 0.383 e. The van der Waals surface area contributed by atoms with Crippen molar-refractivity contribution in [1.29, 1.82) is 0 Å². The Morgan fingerprint density at radius 1 is 1.40 bits per heavy atom. The summed E-state index contributed by atoms with van der Waals surface area (Å²) in [5, 5.41) is 6.24. The van der Waals surface area contributed by atoms with E-state index in [-0.39, 0.29) is 24.0 Å². The summed E-state index contributed by atoms with van der Waals surface area (Å²) >= 11 is 0. The zero-order valence-corrected chi connectivity index (χ0v) is 15.6. The lowest BCUT2D eigenvalue weighted by Gasteiger charge is -2.23. The Morgan fingerprint density at radius 3 is 2.88 bits per heavy atom. The van der Waals surface area contributed by atoms with E-state index in [1.807, 2.05) is 0 Å². The predicted octanol–water partition coefficient (Wildman–Crippen LogP) is 0.649. The summed E-state index contributed by atoms with van der Waals surface area (Å²) in [6, 6.07) is 4.59. The van der Waals surface area contributed by atoms with Crippen molar-refractivity contribution >= 4 is 15.9 Å². The molecule has 1 unspecified atom stereocenters. The molecule has 0 aliphatic carbocycles. The first-order valence-electron chi connectivity index (χ1n) is 8.52. The fourth-order valence-corrected chi connectivity index (χ4v) is 3.84. The number of nitrogens with one attached hydrogen (secondary N) is 3. The lowest BCUT2D eigenvalue weighted by atomic mass is 9.99. The molecular formula is C17H27N3O4S. The fraction of sp³-hybridized carbons (Fsp3) is 0.588. The Labute approximate surface area is 149 Å². The van der Waals surface area contributed by atoms with Crippen LogP contribution in [-0.2, 0) is 14.8 Å². The number of rotatable bonds is 8. The summed E-state index contributed by atoms with van der Waals surface area (Å²) in [5.74, 6) is 0.178. The van der Waals surface area contributed by atoms with E-state index in [1.54, 1.807) is 13.0 Å². The van der Waals surface area contributed by atoms with Gasteiger partial charge in [-0.1, -0.05) is 6.07 Å². The van der Waals surface area contributed by atoms with Crippen LogP contribution in [0.5, 0.6) is 0 Å². The molecule has 1 saturated heterocycles. The van der Waals surface area contributed by atoms with Crippen molar-refractivity contribution < 1.29 is 17.9 Å². The average molecular weight is 369 g/mol. The number of amides is 1. The third-order valence-corrected chi connectivity index (χ3v) is 5.77. The normalized spacial score (nSPS) is 18.1. The van der Waals surface area contributed by atoms with Crippen molar-refractivity contribution in [3.05, 3.63) is 29.3 Å². The molecule has 1 aromatic rings. The highest BCUT2D eigenvalue weighted by Crippen LogP contribution is 2.16. The van der Waals surface area contributed by atoms with Crippen LogP contribution >= 0.6 is 0 Å². The second-order valence-electron chi connectivity index (χ2n) is 6.29. The highest BCUT2D eigenvalue weighted by atomic mass is 32.2. The van der Waals surface area contributed by atoms with E-state index >= 15 is 0 Å². The summed E-state index contributed by atoms with van der Waals surface area (Å²) in [5.41, 5.74) is 1.13. The lowest BCUT2D eigenvalue weighted by Crippen LogP contribution is -2.38.